The first-order valence-electron chi connectivity index (χ1n) is 8.11. The van der Waals surface area contributed by atoms with E-state index in [2.05, 4.69) is 27.8 Å². The van der Waals surface area contributed by atoms with Gasteiger partial charge in [-0.2, -0.15) is 10.2 Å². The lowest BCUT2D eigenvalue weighted by Crippen LogP contribution is -2.28. The van der Waals surface area contributed by atoms with Crippen molar-refractivity contribution in [3.05, 3.63) is 59.2 Å². The summed E-state index contributed by atoms with van der Waals surface area (Å²) in [5, 5.41) is 15.9. The topological polar surface area (TPSA) is 59.7 Å². The Balaban J connectivity index is 1.70. The van der Waals surface area contributed by atoms with Crippen LogP contribution in [-0.2, 0) is 13.6 Å². The van der Waals surface area contributed by atoms with Crippen molar-refractivity contribution >= 4 is 23.0 Å². The first-order chi connectivity index (χ1) is 12.0. The van der Waals surface area contributed by atoms with E-state index in [1.807, 2.05) is 60.6 Å². The molecule has 6 nitrogen and oxygen atoms in total. The molecule has 0 saturated heterocycles. The van der Waals surface area contributed by atoms with Gasteiger partial charge in [0.05, 0.1) is 29.0 Å². The number of anilines is 1. The molecule has 0 amide bonds. The Morgan fingerprint density at radius 2 is 1.84 bits per heavy atom. The smallest absolute Gasteiger partial charge is 0.171 e. The average Bonchev–Trinajstić information content (AvgIpc) is 3.07. The SMILES string of the molecule is Cc1nn(-c2ccccc2)c(C)c1CNC(=S)Nc1cnn(C)c1C. The number of aromatic nitrogens is 4. The number of hydrogen-bond donors (Lipinski definition) is 2. The molecular weight excluding hydrogens is 332 g/mol. The maximum absolute atomic E-state index is 5.40. The highest BCUT2D eigenvalue weighted by Gasteiger charge is 2.13. The van der Waals surface area contributed by atoms with Crippen molar-refractivity contribution in [3.63, 3.8) is 0 Å². The van der Waals surface area contributed by atoms with Gasteiger partial charge in [0, 0.05) is 24.8 Å². The van der Waals surface area contributed by atoms with Gasteiger partial charge >= 0.3 is 0 Å². The van der Waals surface area contributed by atoms with Gasteiger partial charge < -0.3 is 10.6 Å². The quantitative estimate of drug-likeness (QED) is 0.705. The third-order valence-electron chi connectivity index (χ3n) is 4.35. The Bertz CT molecular complexity index is 894. The fourth-order valence-corrected chi connectivity index (χ4v) is 2.89. The molecule has 0 aliphatic rings. The van der Waals surface area contributed by atoms with E-state index >= 15 is 0 Å². The number of hydrogen-bond acceptors (Lipinski definition) is 3. The van der Waals surface area contributed by atoms with Gasteiger partial charge in [-0.25, -0.2) is 4.68 Å². The minimum absolute atomic E-state index is 0.572. The zero-order valence-corrected chi connectivity index (χ0v) is 15.7. The van der Waals surface area contributed by atoms with Crippen molar-refractivity contribution in [1.29, 1.82) is 0 Å². The number of aryl methyl sites for hydroxylation is 2. The number of nitrogens with zero attached hydrogens (tertiary/aromatic N) is 4. The summed E-state index contributed by atoms with van der Waals surface area (Å²) >= 11 is 5.40. The van der Waals surface area contributed by atoms with Crippen LogP contribution >= 0.6 is 12.2 Å². The van der Waals surface area contributed by atoms with E-state index in [1.165, 1.54) is 0 Å². The lowest BCUT2D eigenvalue weighted by molar-refractivity contribution is 0.740. The van der Waals surface area contributed by atoms with E-state index in [1.54, 1.807) is 6.20 Å². The molecule has 2 heterocycles. The minimum Gasteiger partial charge on any atom is -0.358 e. The summed E-state index contributed by atoms with van der Waals surface area (Å²) in [5.74, 6) is 0. The van der Waals surface area contributed by atoms with Crippen LogP contribution in [0.4, 0.5) is 5.69 Å². The molecule has 2 N–H and O–H groups in total. The fourth-order valence-electron chi connectivity index (χ4n) is 2.71. The highest BCUT2D eigenvalue weighted by molar-refractivity contribution is 7.80. The lowest BCUT2D eigenvalue weighted by atomic mass is 10.2. The molecule has 2 aromatic heterocycles. The van der Waals surface area contributed by atoms with Crippen LogP contribution in [0.5, 0.6) is 0 Å². The lowest BCUT2D eigenvalue weighted by Gasteiger charge is -2.11. The standard InChI is InChI=1S/C18H22N6S/c1-12-16(13(2)24(22-12)15-8-6-5-7-9-15)10-19-18(25)21-17-11-20-23(4)14(17)3/h5-9,11H,10H2,1-4H3,(H2,19,21,25). The van der Waals surface area contributed by atoms with Crippen LogP contribution in [0.1, 0.15) is 22.6 Å². The van der Waals surface area contributed by atoms with Crippen LogP contribution in [0, 0.1) is 20.8 Å². The van der Waals surface area contributed by atoms with Gasteiger partial charge in [-0.3, -0.25) is 4.68 Å². The first-order valence-corrected chi connectivity index (χ1v) is 8.52. The maximum atomic E-state index is 5.40. The van der Waals surface area contributed by atoms with Crippen molar-refractivity contribution in [2.24, 2.45) is 7.05 Å². The van der Waals surface area contributed by atoms with Crippen molar-refractivity contribution in [2.45, 2.75) is 27.3 Å². The monoisotopic (exact) mass is 354 g/mol. The molecule has 0 fully saturated rings. The number of nitrogens with one attached hydrogen (secondary N) is 2. The predicted molar refractivity (Wildman–Crippen MR) is 104 cm³/mol. The number of thiocarbonyl (C=S) groups is 1. The zero-order valence-electron chi connectivity index (χ0n) is 14.9. The number of para-hydroxylation sites is 1. The second-order valence-electron chi connectivity index (χ2n) is 5.97. The summed E-state index contributed by atoms with van der Waals surface area (Å²) in [4.78, 5) is 0. The molecule has 0 saturated carbocycles. The molecule has 130 valence electrons. The van der Waals surface area contributed by atoms with E-state index in [4.69, 9.17) is 12.2 Å². The molecule has 0 atom stereocenters. The summed E-state index contributed by atoms with van der Waals surface area (Å²) in [7, 11) is 1.90. The normalized spacial score (nSPS) is 10.7. The van der Waals surface area contributed by atoms with Crippen molar-refractivity contribution in [2.75, 3.05) is 5.32 Å². The van der Waals surface area contributed by atoms with Gasteiger partial charge in [-0.1, -0.05) is 18.2 Å². The largest absolute Gasteiger partial charge is 0.358 e. The molecule has 0 radical (unpaired) electrons. The first kappa shape index (κ1) is 17.2. The van der Waals surface area contributed by atoms with Crippen LogP contribution in [0.2, 0.25) is 0 Å². The van der Waals surface area contributed by atoms with Crippen molar-refractivity contribution in [1.82, 2.24) is 24.9 Å². The van der Waals surface area contributed by atoms with Crippen molar-refractivity contribution in [3.8, 4) is 5.69 Å². The van der Waals surface area contributed by atoms with E-state index < -0.39 is 0 Å². The third kappa shape index (κ3) is 3.56. The predicted octanol–water partition coefficient (Wildman–Crippen LogP) is 3.02. The average molecular weight is 354 g/mol. The summed E-state index contributed by atoms with van der Waals surface area (Å²) in [6, 6.07) is 10.1. The molecule has 0 bridgehead atoms. The summed E-state index contributed by atoms with van der Waals surface area (Å²) in [6.07, 6.45) is 1.77. The van der Waals surface area contributed by atoms with E-state index in [0.29, 0.717) is 11.7 Å². The van der Waals surface area contributed by atoms with Crippen molar-refractivity contribution < 1.29 is 0 Å². The van der Waals surface area contributed by atoms with Crippen LogP contribution in [-0.4, -0.2) is 24.7 Å². The van der Waals surface area contributed by atoms with Gasteiger partial charge in [0.2, 0.25) is 0 Å². The van der Waals surface area contributed by atoms with E-state index in [0.717, 1.165) is 34.0 Å². The third-order valence-corrected chi connectivity index (χ3v) is 4.60. The van der Waals surface area contributed by atoms with Gasteiger partial charge in [0.1, 0.15) is 0 Å². The molecular formula is C18H22N6S. The summed E-state index contributed by atoms with van der Waals surface area (Å²) < 4.78 is 3.78. The van der Waals surface area contributed by atoms with Crippen LogP contribution in [0.15, 0.2) is 36.5 Å². The van der Waals surface area contributed by atoms with Crippen LogP contribution in [0.25, 0.3) is 5.69 Å². The Morgan fingerprint density at radius 1 is 1.12 bits per heavy atom. The van der Waals surface area contributed by atoms with E-state index in [9.17, 15) is 0 Å². The van der Waals surface area contributed by atoms with Crippen LogP contribution < -0.4 is 10.6 Å². The molecule has 0 spiro atoms. The zero-order chi connectivity index (χ0) is 18.0. The van der Waals surface area contributed by atoms with Gasteiger partial charge in [-0.15, -0.1) is 0 Å². The summed E-state index contributed by atoms with van der Waals surface area (Å²) in [5.41, 5.74) is 6.25. The molecule has 0 aliphatic carbocycles. The Labute approximate surface area is 152 Å². The second kappa shape index (κ2) is 7.06. The van der Waals surface area contributed by atoms with Gasteiger partial charge in [0.25, 0.3) is 0 Å². The number of rotatable bonds is 4. The molecule has 0 aliphatic heterocycles. The molecule has 7 heteroatoms. The highest BCUT2D eigenvalue weighted by atomic mass is 32.1. The molecule has 25 heavy (non-hydrogen) atoms. The van der Waals surface area contributed by atoms with Gasteiger partial charge in [-0.05, 0) is 45.1 Å². The Kier molecular flexibility index (Phi) is 4.85. The Morgan fingerprint density at radius 3 is 2.48 bits per heavy atom. The van der Waals surface area contributed by atoms with Crippen LogP contribution in [0.3, 0.4) is 0 Å². The molecule has 3 aromatic rings. The molecule has 1 aromatic carbocycles. The fraction of sp³-hybridized carbons (Fsp3) is 0.278. The van der Waals surface area contributed by atoms with E-state index in [-0.39, 0.29) is 0 Å². The highest BCUT2D eigenvalue weighted by Crippen LogP contribution is 2.18. The van der Waals surface area contributed by atoms with Gasteiger partial charge in [0.15, 0.2) is 5.11 Å². The number of benzene rings is 1. The molecule has 0 unspecified atom stereocenters. The molecule has 3 rings (SSSR count). The Hall–Kier alpha value is -2.67. The summed E-state index contributed by atoms with van der Waals surface area (Å²) in [6.45, 7) is 6.71. The maximum Gasteiger partial charge on any atom is 0.171 e. The second-order valence-corrected chi connectivity index (χ2v) is 6.38. The minimum atomic E-state index is 0.572.